The van der Waals surface area contributed by atoms with Crippen molar-refractivity contribution in [1.29, 1.82) is 0 Å². The summed E-state index contributed by atoms with van der Waals surface area (Å²) in [7, 11) is 0. The van der Waals surface area contributed by atoms with Crippen molar-refractivity contribution in [2.75, 3.05) is 5.73 Å². The van der Waals surface area contributed by atoms with Crippen molar-refractivity contribution < 1.29 is 0 Å². The highest BCUT2D eigenvalue weighted by Crippen LogP contribution is 2.12. The Kier molecular flexibility index (Phi) is 3.46. The standard InChI is InChI=1S/C16H16N4/c17-15-5-1-3-14(9-15)12-20-8-7-19-16(20)10-13-4-2-6-18-11-13/h1-9,11H,10,12,17H2. The van der Waals surface area contributed by atoms with Gasteiger partial charge in [-0.1, -0.05) is 18.2 Å². The van der Waals surface area contributed by atoms with Crippen LogP contribution in [-0.2, 0) is 13.0 Å². The van der Waals surface area contributed by atoms with Crippen molar-refractivity contribution in [2.45, 2.75) is 13.0 Å². The van der Waals surface area contributed by atoms with Crippen molar-refractivity contribution in [3.63, 3.8) is 0 Å². The Morgan fingerprint density at radius 2 is 1.95 bits per heavy atom. The number of hydrogen-bond donors (Lipinski definition) is 1. The molecule has 0 radical (unpaired) electrons. The number of nitrogens with two attached hydrogens (primary N) is 1. The average molecular weight is 264 g/mol. The van der Waals surface area contributed by atoms with E-state index in [1.807, 2.05) is 42.9 Å². The molecule has 100 valence electrons. The predicted octanol–water partition coefficient (Wildman–Crippen LogP) is 2.50. The third kappa shape index (κ3) is 2.85. The van der Waals surface area contributed by atoms with Gasteiger partial charge in [-0.2, -0.15) is 0 Å². The number of anilines is 1. The molecule has 0 bridgehead atoms. The molecular formula is C16H16N4. The van der Waals surface area contributed by atoms with Gasteiger partial charge in [0.1, 0.15) is 5.82 Å². The van der Waals surface area contributed by atoms with Crippen LogP contribution in [0, 0.1) is 0 Å². The molecule has 3 aromatic rings. The molecule has 0 aliphatic rings. The van der Waals surface area contributed by atoms with Crippen molar-refractivity contribution in [3.8, 4) is 0 Å². The number of nitrogen functional groups attached to an aromatic ring is 1. The van der Waals surface area contributed by atoms with Crippen molar-refractivity contribution in [1.82, 2.24) is 14.5 Å². The fourth-order valence-electron chi connectivity index (χ4n) is 2.22. The molecule has 0 fully saturated rings. The molecule has 0 atom stereocenters. The monoisotopic (exact) mass is 264 g/mol. The van der Waals surface area contributed by atoms with Gasteiger partial charge in [-0.05, 0) is 29.3 Å². The number of nitrogens with zero attached hydrogens (tertiary/aromatic N) is 3. The van der Waals surface area contributed by atoms with Gasteiger partial charge in [-0.15, -0.1) is 0 Å². The highest BCUT2D eigenvalue weighted by molar-refractivity contribution is 5.40. The molecule has 2 heterocycles. The molecular weight excluding hydrogens is 248 g/mol. The molecule has 0 saturated heterocycles. The smallest absolute Gasteiger partial charge is 0.113 e. The van der Waals surface area contributed by atoms with Crippen LogP contribution in [0.3, 0.4) is 0 Å². The molecule has 20 heavy (non-hydrogen) atoms. The lowest BCUT2D eigenvalue weighted by Gasteiger charge is -2.08. The second-order valence-electron chi connectivity index (χ2n) is 4.75. The van der Waals surface area contributed by atoms with Crippen LogP contribution in [0.5, 0.6) is 0 Å². The predicted molar refractivity (Wildman–Crippen MR) is 79.2 cm³/mol. The molecule has 0 amide bonds. The van der Waals surface area contributed by atoms with Gasteiger partial charge in [0.2, 0.25) is 0 Å². The van der Waals surface area contributed by atoms with Gasteiger partial charge in [0, 0.05) is 43.4 Å². The number of imidazole rings is 1. The fraction of sp³-hybridized carbons (Fsp3) is 0.125. The van der Waals surface area contributed by atoms with Crippen LogP contribution >= 0.6 is 0 Å². The van der Waals surface area contributed by atoms with E-state index in [9.17, 15) is 0 Å². The zero-order chi connectivity index (χ0) is 13.8. The molecule has 0 saturated carbocycles. The van der Waals surface area contributed by atoms with E-state index in [1.165, 1.54) is 5.56 Å². The first-order valence-corrected chi connectivity index (χ1v) is 6.54. The molecule has 4 nitrogen and oxygen atoms in total. The maximum Gasteiger partial charge on any atom is 0.113 e. The number of aromatic nitrogens is 3. The van der Waals surface area contributed by atoms with Crippen LogP contribution in [-0.4, -0.2) is 14.5 Å². The summed E-state index contributed by atoms with van der Waals surface area (Å²) in [6, 6.07) is 11.9. The summed E-state index contributed by atoms with van der Waals surface area (Å²) in [6.07, 6.45) is 8.26. The second-order valence-corrected chi connectivity index (χ2v) is 4.75. The van der Waals surface area contributed by atoms with E-state index in [1.54, 1.807) is 6.20 Å². The molecule has 0 aliphatic heterocycles. The molecule has 4 heteroatoms. The highest BCUT2D eigenvalue weighted by atomic mass is 15.1. The normalized spacial score (nSPS) is 10.6. The van der Waals surface area contributed by atoms with Crippen LogP contribution in [0.25, 0.3) is 0 Å². The van der Waals surface area contributed by atoms with Gasteiger partial charge in [0.05, 0.1) is 0 Å². The van der Waals surface area contributed by atoms with Crippen molar-refractivity contribution in [3.05, 3.63) is 78.1 Å². The molecule has 2 N–H and O–H groups in total. The van der Waals surface area contributed by atoms with Gasteiger partial charge in [0.25, 0.3) is 0 Å². The minimum absolute atomic E-state index is 0.778. The van der Waals surface area contributed by atoms with E-state index < -0.39 is 0 Å². The first kappa shape index (κ1) is 12.4. The Hall–Kier alpha value is -2.62. The quantitative estimate of drug-likeness (QED) is 0.737. The van der Waals surface area contributed by atoms with Crippen LogP contribution in [0.15, 0.2) is 61.2 Å². The Balaban J connectivity index is 1.80. The summed E-state index contributed by atoms with van der Waals surface area (Å²) < 4.78 is 2.14. The largest absolute Gasteiger partial charge is 0.399 e. The topological polar surface area (TPSA) is 56.7 Å². The van der Waals surface area contributed by atoms with E-state index >= 15 is 0 Å². The van der Waals surface area contributed by atoms with E-state index in [0.29, 0.717) is 0 Å². The summed E-state index contributed by atoms with van der Waals surface area (Å²) in [5, 5.41) is 0. The number of hydrogen-bond acceptors (Lipinski definition) is 3. The fourth-order valence-corrected chi connectivity index (χ4v) is 2.22. The lowest BCUT2D eigenvalue weighted by molar-refractivity contribution is 0.740. The van der Waals surface area contributed by atoms with Gasteiger partial charge < -0.3 is 10.3 Å². The number of rotatable bonds is 4. The third-order valence-electron chi connectivity index (χ3n) is 3.19. The zero-order valence-electron chi connectivity index (χ0n) is 11.1. The minimum atomic E-state index is 0.778. The van der Waals surface area contributed by atoms with Crippen LogP contribution < -0.4 is 5.73 Å². The van der Waals surface area contributed by atoms with Gasteiger partial charge in [-0.25, -0.2) is 4.98 Å². The van der Waals surface area contributed by atoms with Gasteiger partial charge in [0.15, 0.2) is 0 Å². The van der Waals surface area contributed by atoms with E-state index in [0.717, 1.165) is 30.0 Å². The lowest BCUT2D eigenvalue weighted by atomic mass is 10.2. The SMILES string of the molecule is Nc1cccc(Cn2ccnc2Cc2cccnc2)c1. The maximum absolute atomic E-state index is 5.82. The van der Waals surface area contributed by atoms with Crippen LogP contribution in [0.1, 0.15) is 17.0 Å². The summed E-state index contributed by atoms with van der Waals surface area (Å²) in [5.74, 6) is 1.03. The maximum atomic E-state index is 5.82. The number of benzene rings is 1. The zero-order valence-corrected chi connectivity index (χ0v) is 11.1. The van der Waals surface area contributed by atoms with Crippen molar-refractivity contribution in [2.24, 2.45) is 0 Å². The van der Waals surface area contributed by atoms with Gasteiger partial charge in [-0.3, -0.25) is 4.98 Å². The highest BCUT2D eigenvalue weighted by Gasteiger charge is 2.05. The first-order valence-electron chi connectivity index (χ1n) is 6.54. The molecule has 0 unspecified atom stereocenters. The second kappa shape index (κ2) is 5.57. The van der Waals surface area contributed by atoms with Crippen molar-refractivity contribution >= 4 is 5.69 Å². The molecule has 0 aliphatic carbocycles. The summed E-state index contributed by atoms with van der Waals surface area (Å²) in [6.45, 7) is 0.778. The molecule has 2 aromatic heterocycles. The van der Waals surface area contributed by atoms with E-state index in [2.05, 4.69) is 26.7 Å². The molecule has 0 spiro atoms. The minimum Gasteiger partial charge on any atom is -0.399 e. The van der Waals surface area contributed by atoms with Gasteiger partial charge >= 0.3 is 0 Å². The molecule has 3 rings (SSSR count). The van der Waals surface area contributed by atoms with Crippen LogP contribution in [0.2, 0.25) is 0 Å². The van der Waals surface area contributed by atoms with Crippen LogP contribution in [0.4, 0.5) is 5.69 Å². The van der Waals surface area contributed by atoms with E-state index in [4.69, 9.17) is 5.73 Å². The van der Waals surface area contributed by atoms with E-state index in [-0.39, 0.29) is 0 Å². The summed E-state index contributed by atoms with van der Waals surface area (Å²) in [4.78, 5) is 8.57. The average Bonchev–Trinajstić information content (AvgIpc) is 2.87. The third-order valence-corrected chi connectivity index (χ3v) is 3.19. The Bertz CT molecular complexity index is 688. The Morgan fingerprint density at radius 1 is 1.05 bits per heavy atom. The molecule has 1 aromatic carbocycles. The first-order chi connectivity index (χ1) is 9.81. The summed E-state index contributed by atoms with van der Waals surface area (Å²) in [5.41, 5.74) is 8.94. The Labute approximate surface area is 117 Å². The Morgan fingerprint density at radius 3 is 2.75 bits per heavy atom. The number of pyridine rings is 1. The summed E-state index contributed by atoms with van der Waals surface area (Å²) >= 11 is 0. The lowest BCUT2D eigenvalue weighted by Crippen LogP contribution is -2.05.